The third-order valence-corrected chi connectivity index (χ3v) is 6.30. The second kappa shape index (κ2) is 4.62. The lowest BCUT2D eigenvalue weighted by Gasteiger charge is -2.35. The molecule has 0 aliphatic heterocycles. The van der Waals surface area contributed by atoms with Gasteiger partial charge in [-0.15, -0.1) is 0 Å². The van der Waals surface area contributed by atoms with E-state index >= 15 is 0 Å². The first kappa shape index (κ1) is 14.3. The first-order valence-corrected chi connectivity index (χ1v) is 9.30. The summed E-state index contributed by atoms with van der Waals surface area (Å²) in [7, 11) is 0. The zero-order chi connectivity index (χ0) is 17.5. The molecule has 0 saturated heterocycles. The van der Waals surface area contributed by atoms with E-state index in [0.29, 0.717) is 0 Å². The van der Waals surface area contributed by atoms with Crippen LogP contribution in [0.4, 0.5) is 0 Å². The van der Waals surface area contributed by atoms with Gasteiger partial charge in [0.05, 0.1) is 11.4 Å². The Kier molecular flexibility index (Phi) is 2.53. The van der Waals surface area contributed by atoms with Crippen LogP contribution in [0.2, 0.25) is 0 Å². The molecular formula is C25H19N. The van der Waals surface area contributed by atoms with Gasteiger partial charge in [-0.1, -0.05) is 80.6 Å². The first-order chi connectivity index (χ1) is 12.7. The highest BCUT2D eigenvalue weighted by molar-refractivity contribution is 6.06. The van der Waals surface area contributed by atoms with Crippen molar-refractivity contribution in [2.24, 2.45) is 0 Å². The van der Waals surface area contributed by atoms with E-state index in [1.54, 1.807) is 0 Å². The summed E-state index contributed by atoms with van der Waals surface area (Å²) >= 11 is 0. The summed E-state index contributed by atoms with van der Waals surface area (Å²) < 4.78 is 0. The molecule has 1 aromatic heterocycles. The number of benzene rings is 3. The molecule has 0 bridgehead atoms. The zero-order valence-electron chi connectivity index (χ0n) is 15.0. The Labute approximate surface area is 153 Å². The van der Waals surface area contributed by atoms with Crippen molar-refractivity contribution < 1.29 is 0 Å². The molecule has 124 valence electrons. The number of hydrogen-bond donors (Lipinski definition) is 0. The summed E-state index contributed by atoms with van der Waals surface area (Å²) in [6.07, 6.45) is 0.987. The highest BCUT2D eigenvalue weighted by Gasteiger charge is 2.35. The molecule has 1 heteroatoms. The number of pyridine rings is 1. The van der Waals surface area contributed by atoms with Crippen molar-refractivity contribution >= 4 is 10.8 Å². The number of hydrogen-bond acceptors (Lipinski definition) is 1. The Bertz CT molecular complexity index is 1230. The lowest BCUT2D eigenvalue weighted by atomic mass is 9.69. The fourth-order valence-electron chi connectivity index (χ4n) is 5.01. The monoisotopic (exact) mass is 333 g/mol. The molecule has 1 nitrogen and oxygen atoms in total. The number of rotatable bonds is 0. The minimum absolute atomic E-state index is 0.00945. The lowest BCUT2D eigenvalue weighted by Crippen LogP contribution is -2.24. The van der Waals surface area contributed by atoms with E-state index in [0.717, 1.165) is 12.1 Å². The van der Waals surface area contributed by atoms with Gasteiger partial charge in [0.2, 0.25) is 0 Å². The third-order valence-electron chi connectivity index (χ3n) is 6.30. The van der Waals surface area contributed by atoms with Gasteiger partial charge in [0, 0.05) is 28.3 Å². The molecule has 2 aliphatic carbocycles. The second-order valence-corrected chi connectivity index (χ2v) is 8.02. The summed E-state index contributed by atoms with van der Waals surface area (Å²) in [5.41, 5.74) is 10.5. The Balaban J connectivity index is 1.83. The maximum absolute atomic E-state index is 5.26. The maximum atomic E-state index is 5.26. The minimum atomic E-state index is -0.00945. The molecule has 3 aromatic carbocycles. The van der Waals surface area contributed by atoms with Crippen molar-refractivity contribution in [1.82, 2.24) is 4.98 Å². The predicted octanol–water partition coefficient (Wildman–Crippen LogP) is 6.11. The quantitative estimate of drug-likeness (QED) is 0.333. The van der Waals surface area contributed by atoms with Crippen LogP contribution in [0.3, 0.4) is 0 Å². The number of nitrogens with zero attached hydrogens (tertiary/aromatic N) is 1. The molecule has 1 heterocycles. The average molecular weight is 333 g/mol. The molecule has 0 spiro atoms. The maximum Gasteiger partial charge on any atom is 0.0794 e. The van der Waals surface area contributed by atoms with Crippen LogP contribution in [0.5, 0.6) is 0 Å². The molecule has 0 amide bonds. The fraction of sp³-hybridized carbons (Fsp3) is 0.160. The second-order valence-electron chi connectivity index (χ2n) is 8.02. The molecule has 0 fully saturated rings. The molecule has 0 unspecified atom stereocenters. The third kappa shape index (κ3) is 1.59. The summed E-state index contributed by atoms with van der Waals surface area (Å²) in [5.74, 6) is 0. The average Bonchev–Trinajstić information content (AvgIpc) is 3.05. The van der Waals surface area contributed by atoms with E-state index < -0.39 is 0 Å². The SMILES string of the molecule is CC1(C)c2ccccc2-c2nc3c(c4cccc1c24)Cc1ccccc1-3. The largest absolute Gasteiger partial charge is 0.247 e. The normalized spacial score (nSPS) is 15.5. The standard InChI is InChI=1S/C25H19N/c1-25(2)20-12-6-5-10-18(20)24-22-17(11-7-13-21(22)25)19-14-15-8-3-4-9-16(15)23(19)26-24/h3-13H,14H2,1-2H3. The van der Waals surface area contributed by atoms with Gasteiger partial charge in [-0.05, 0) is 27.6 Å². The molecule has 0 saturated carbocycles. The number of aromatic nitrogens is 1. The van der Waals surface area contributed by atoms with E-state index in [1.165, 1.54) is 49.8 Å². The van der Waals surface area contributed by atoms with Crippen LogP contribution in [-0.4, -0.2) is 4.98 Å². The van der Waals surface area contributed by atoms with Gasteiger partial charge in [0.15, 0.2) is 0 Å². The van der Waals surface area contributed by atoms with Crippen molar-refractivity contribution in [2.75, 3.05) is 0 Å². The molecule has 2 aliphatic rings. The summed E-state index contributed by atoms with van der Waals surface area (Å²) in [6.45, 7) is 4.68. The van der Waals surface area contributed by atoms with Gasteiger partial charge in [0.1, 0.15) is 0 Å². The smallest absolute Gasteiger partial charge is 0.0794 e. The first-order valence-electron chi connectivity index (χ1n) is 9.30. The molecule has 0 atom stereocenters. The summed E-state index contributed by atoms with van der Waals surface area (Å²) in [6, 6.07) is 24.3. The molecule has 0 N–H and O–H groups in total. The Morgan fingerprint density at radius 3 is 2.35 bits per heavy atom. The van der Waals surface area contributed by atoms with Gasteiger partial charge >= 0.3 is 0 Å². The molecule has 4 aromatic rings. The van der Waals surface area contributed by atoms with E-state index in [2.05, 4.69) is 80.6 Å². The Hall–Kier alpha value is -2.93. The van der Waals surface area contributed by atoms with Crippen LogP contribution < -0.4 is 0 Å². The Morgan fingerprint density at radius 1 is 0.731 bits per heavy atom. The van der Waals surface area contributed by atoms with Crippen LogP contribution in [0.15, 0.2) is 66.7 Å². The molecule has 6 rings (SSSR count). The molecule has 0 radical (unpaired) electrons. The lowest BCUT2D eigenvalue weighted by molar-refractivity contribution is 0.644. The van der Waals surface area contributed by atoms with E-state index in [9.17, 15) is 0 Å². The van der Waals surface area contributed by atoms with Crippen LogP contribution >= 0.6 is 0 Å². The van der Waals surface area contributed by atoms with E-state index in [-0.39, 0.29) is 5.41 Å². The van der Waals surface area contributed by atoms with Gasteiger partial charge in [-0.25, -0.2) is 4.98 Å². The zero-order valence-corrected chi connectivity index (χ0v) is 15.0. The van der Waals surface area contributed by atoms with Gasteiger partial charge in [-0.3, -0.25) is 0 Å². The fourth-order valence-corrected chi connectivity index (χ4v) is 5.01. The van der Waals surface area contributed by atoms with E-state index in [1.807, 2.05) is 0 Å². The van der Waals surface area contributed by atoms with E-state index in [4.69, 9.17) is 4.98 Å². The van der Waals surface area contributed by atoms with Crippen molar-refractivity contribution in [3.8, 4) is 22.5 Å². The van der Waals surface area contributed by atoms with Crippen LogP contribution in [0, 0.1) is 0 Å². The van der Waals surface area contributed by atoms with Gasteiger partial charge in [0.25, 0.3) is 0 Å². The topological polar surface area (TPSA) is 12.9 Å². The predicted molar refractivity (Wildman–Crippen MR) is 108 cm³/mol. The molecule has 26 heavy (non-hydrogen) atoms. The van der Waals surface area contributed by atoms with Crippen LogP contribution in [0.1, 0.15) is 36.1 Å². The van der Waals surface area contributed by atoms with Crippen molar-refractivity contribution in [1.29, 1.82) is 0 Å². The van der Waals surface area contributed by atoms with Crippen molar-refractivity contribution in [3.63, 3.8) is 0 Å². The highest BCUT2D eigenvalue weighted by atomic mass is 14.7. The minimum Gasteiger partial charge on any atom is -0.247 e. The van der Waals surface area contributed by atoms with Crippen molar-refractivity contribution in [2.45, 2.75) is 25.7 Å². The van der Waals surface area contributed by atoms with Crippen molar-refractivity contribution in [3.05, 3.63) is 89.0 Å². The van der Waals surface area contributed by atoms with Gasteiger partial charge < -0.3 is 0 Å². The Morgan fingerprint density at radius 2 is 1.46 bits per heavy atom. The summed E-state index contributed by atoms with van der Waals surface area (Å²) in [4.78, 5) is 5.26. The highest BCUT2D eigenvalue weighted by Crippen LogP contribution is 2.51. The summed E-state index contributed by atoms with van der Waals surface area (Å²) in [5, 5.41) is 2.73. The number of fused-ring (bicyclic) bond motifs is 6. The van der Waals surface area contributed by atoms with Crippen LogP contribution in [-0.2, 0) is 11.8 Å². The van der Waals surface area contributed by atoms with Crippen LogP contribution in [0.25, 0.3) is 33.3 Å². The molecular weight excluding hydrogens is 314 g/mol. The van der Waals surface area contributed by atoms with Gasteiger partial charge in [-0.2, -0.15) is 0 Å².